The second kappa shape index (κ2) is 10.7. The van der Waals surface area contributed by atoms with Crippen LogP contribution in [0.2, 0.25) is 5.02 Å². The number of nitrogens with one attached hydrogen (secondary N) is 2. The molecule has 1 aromatic rings. The molecule has 2 N–H and O–H groups in total. The van der Waals surface area contributed by atoms with Gasteiger partial charge < -0.3 is 15.4 Å². The molecule has 0 bridgehead atoms. The van der Waals surface area contributed by atoms with E-state index in [1.807, 2.05) is 13.0 Å². The highest BCUT2D eigenvalue weighted by Gasteiger charge is 2.14. The zero-order valence-electron chi connectivity index (χ0n) is 13.6. The van der Waals surface area contributed by atoms with Gasteiger partial charge in [-0.15, -0.1) is 12.4 Å². The highest BCUT2D eigenvalue weighted by Crippen LogP contribution is 2.28. The predicted molar refractivity (Wildman–Crippen MR) is 97.9 cm³/mol. The number of anilines is 1. The van der Waals surface area contributed by atoms with Gasteiger partial charge in [0.2, 0.25) is 5.91 Å². The smallest absolute Gasteiger partial charge is 0.224 e. The Morgan fingerprint density at radius 1 is 1.39 bits per heavy atom. The molecule has 0 aromatic heterocycles. The van der Waals surface area contributed by atoms with Crippen molar-refractivity contribution in [1.29, 1.82) is 0 Å². The van der Waals surface area contributed by atoms with E-state index in [4.69, 9.17) is 16.3 Å². The van der Waals surface area contributed by atoms with Crippen LogP contribution in [0.1, 0.15) is 39.0 Å². The van der Waals surface area contributed by atoms with E-state index in [1.54, 1.807) is 12.1 Å². The quantitative estimate of drug-likeness (QED) is 0.763. The third-order valence-corrected chi connectivity index (χ3v) is 4.21. The largest absolute Gasteiger partial charge is 0.492 e. The summed E-state index contributed by atoms with van der Waals surface area (Å²) in [4.78, 5) is 12.0. The second-order valence-electron chi connectivity index (χ2n) is 5.77. The van der Waals surface area contributed by atoms with Crippen molar-refractivity contribution in [3.63, 3.8) is 0 Å². The maximum absolute atomic E-state index is 12.0. The molecule has 0 radical (unpaired) electrons. The first-order chi connectivity index (χ1) is 10.7. The number of rotatable bonds is 7. The fourth-order valence-electron chi connectivity index (χ4n) is 2.64. The second-order valence-corrected chi connectivity index (χ2v) is 6.18. The molecule has 2 rings (SSSR count). The number of ether oxygens (including phenoxy) is 1. The highest BCUT2D eigenvalue weighted by atomic mass is 35.5. The lowest BCUT2D eigenvalue weighted by Crippen LogP contribution is -2.28. The van der Waals surface area contributed by atoms with Gasteiger partial charge >= 0.3 is 0 Å². The van der Waals surface area contributed by atoms with Crippen molar-refractivity contribution in [1.82, 2.24) is 5.32 Å². The van der Waals surface area contributed by atoms with Crippen LogP contribution in [0.4, 0.5) is 5.69 Å². The van der Waals surface area contributed by atoms with Crippen LogP contribution in [-0.2, 0) is 4.79 Å². The van der Waals surface area contributed by atoms with E-state index in [0.717, 1.165) is 31.6 Å². The minimum atomic E-state index is 0. The van der Waals surface area contributed by atoms with Crippen molar-refractivity contribution < 1.29 is 9.53 Å². The molecule has 1 fully saturated rings. The van der Waals surface area contributed by atoms with Crippen molar-refractivity contribution in [2.24, 2.45) is 5.92 Å². The van der Waals surface area contributed by atoms with E-state index in [-0.39, 0.29) is 18.3 Å². The summed E-state index contributed by atoms with van der Waals surface area (Å²) < 4.78 is 5.52. The van der Waals surface area contributed by atoms with Gasteiger partial charge in [0.15, 0.2) is 0 Å². The van der Waals surface area contributed by atoms with Crippen molar-refractivity contribution in [3.8, 4) is 5.75 Å². The van der Waals surface area contributed by atoms with Crippen LogP contribution in [0.5, 0.6) is 5.75 Å². The third kappa shape index (κ3) is 6.98. The first kappa shape index (κ1) is 20.1. The minimum Gasteiger partial charge on any atom is -0.492 e. The monoisotopic (exact) mass is 360 g/mol. The Bertz CT molecular complexity index is 491. The Morgan fingerprint density at radius 2 is 2.13 bits per heavy atom. The number of carbonyl (C=O) groups is 1. The lowest BCUT2D eigenvalue weighted by molar-refractivity contribution is -0.116. The molecule has 1 aromatic carbocycles. The summed E-state index contributed by atoms with van der Waals surface area (Å²) in [5.41, 5.74) is 0.726. The Balaban J connectivity index is 0.00000264. The molecule has 0 spiro atoms. The molecule has 0 unspecified atom stereocenters. The number of hydrogen-bond acceptors (Lipinski definition) is 3. The molecule has 0 aliphatic carbocycles. The normalized spacial score (nSPS) is 14.9. The lowest BCUT2D eigenvalue weighted by atomic mass is 9.93. The van der Waals surface area contributed by atoms with E-state index < -0.39 is 0 Å². The third-order valence-electron chi connectivity index (χ3n) is 3.92. The molecule has 23 heavy (non-hydrogen) atoms. The Labute approximate surface area is 149 Å². The number of piperidine rings is 1. The maximum Gasteiger partial charge on any atom is 0.224 e. The summed E-state index contributed by atoms with van der Waals surface area (Å²) in [6, 6.07) is 5.38. The van der Waals surface area contributed by atoms with Gasteiger partial charge in [0, 0.05) is 12.1 Å². The van der Waals surface area contributed by atoms with Crippen LogP contribution in [0.25, 0.3) is 0 Å². The molecule has 1 heterocycles. The fraction of sp³-hybridized carbons (Fsp3) is 0.588. The van der Waals surface area contributed by atoms with Gasteiger partial charge in [0.05, 0.1) is 11.6 Å². The van der Waals surface area contributed by atoms with E-state index in [0.29, 0.717) is 29.7 Å². The van der Waals surface area contributed by atoms with Gasteiger partial charge in [0.1, 0.15) is 5.75 Å². The van der Waals surface area contributed by atoms with Gasteiger partial charge in [-0.25, -0.2) is 0 Å². The first-order valence-corrected chi connectivity index (χ1v) is 8.49. The van der Waals surface area contributed by atoms with Crippen molar-refractivity contribution >= 4 is 35.6 Å². The molecule has 1 aliphatic heterocycles. The summed E-state index contributed by atoms with van der Waals surface area (Å²) in [6.07, 6.45) is 4.80. The molecule has 1 aliphatic rings. The molecule has 1 amide bonds. The Morgan fingerprint density at radius 3 is 2.78 bits per heavy atom. The summed E-state index contributed by atoms with van der Waals surface area (Å²) >= 11 is 6.16. The molecule has 4 nitrogen and oxygen atoms in total. The number of benzene rings is 1. The summed E-state index contributed by atoms with van der Waals surface area (Å²) in [5.74, 6) is 1.38. The van der Waals surface area contributed by atoms with E-state index in [9.17, 15) is 4.79 Å². The van der Waals surface area contributed by atoms with Crippen LogP contribution in [0, 0.1) is 5.92 Å². The Kier molecular flexibility index (Phi) is 9.37. The van der Waals surface area contributed by atoms with Crippen LogP contribution in [0.15, 0.2) is 18.2 Å². The highest BCUT2D eigenvalue weighted by molar-refractivity contribution is 6.32. The standard InChI is InChI=1S/C17H25ClN2O2.ClH/c1-2-11-22-16-5-4-14(12-15(16)18)20-17(21)6-3-13-7-9-19-10-8-13;/h4-5,12-13,19H,2-3,6-11H2,1H3,(H,20,21);1H. The summed E-state index contributed by atoms with van der Waals surface area (Å²) in [6.45, 7) is 4.83. The number of amides is 1. The van der Waals surface area contributed by atoms with Gasteiger partial charge in [0.25, 0.3) is 0 Å². The molecular formula is C17H26Cl2N2O2. The van der Waals surface area contributed by atoms with Crippen molar-refractivity contribution in [2.45, 2.75) is 39.0 Å². The van der Waals surface area contributed by atoms with Crippen molar-refractivity contribution in [2.75, 3.05) is 25.0 Å². The fourth-order valence-corrected chi connectivity index (χ4v) is 2.87. The summed E-state index contributed by atoms with van der Waals surface area (Å²) in [5, 5.41) is 6.78. The van der Waals surface area contributed by atoms with E-state index >= 15 is 0 Å². The molecule has 130 valence electrons. The number of hydrogen-bond donors (Lipinski definition) is 2. The lowest BCUT2D eigenvalue weighted by Gasteiger charge is -2.22. The zero-order valence-corrected chi connectivity index (χ0v) is 15.1. The van der Waals surface area contributed by atoms with Gasteiger partial charge in [-0.05, 0) is 62.9 Å². The maximum atomic E-state index is 12.0. The molecular weight excluding hydrogens is 335 g/mol. The van der Waals surface area contributed by atoms with Crippen molar-refractivity contribution in [3.05, 3.63) is 23.2 Å². The van der Waals surface area contributed by atoms with E-state index in [1.165, 1.54) is 12.8 Å². The van der Waals surface area contributed by atoms with Crippen LogP contribution >= 0.6 is 24.0 Å². The van der Waals surface area contributed by atoms with E-state index in [2.05, 4.69) is 10.6 Å². The topological polar surface area (TPSA) is 50.4 Å². The van der Waals surface area contributed by atoms with Crippen LogP contribution < -0.4 is 15.4 Å². The summed E-state index contributed by atoms with van der Waals surface area (Å²) in [7, 11) is 0. The minimum absolute atomic E-state index is 0. The van der Waals surface area contributed by atoms with Gasteiger partial charge in [-0.1, -0.05) is 18.5 Å². The van der Waals surface area contributed by atoms with Crippen LogP contribution in [-0.4, -0.2) is 25.6 Å². The first-order valence-electron chi connectivity index (χ1n) is 8.12. The molecule has 0 atom stereocenters. The molecule has 1 saturated heterocycles. The average Bonchev–Trinajstić information content (AvgIpc) is 2.53. The molecule has 6 heteroatoms. The van der Waals surface area contributed by atoms with Crippen LogP contribution in [0.3, 0.4) is 0 Å². The average molecular weight is 361 g/mol. The predicted octanol–water partition coefficient (Wildman–Crippen LogP) is 4.27. The number of halogens is 2. The SMILES string of the molecule is CCCOc1ccc(NC(=O)CCC2CCNCC2)cc1Cl.Cl. The van der Waals surface area contributed by atoms with Gasteiger partial charge in [-0.3, -0.25) is 4.79 Å². The number of carbonyl (C=O) groups excluding carboxylic acids is 1. The zero-order chi connectivity index (χ0) is 15.8. The Hall–Kier alpha value is -0.970. The van der Waals surface area contributed by atoms with Gasteiger partial charge in [-0.2, -0.15) is 0 Å². The molecule has 0 saturated carbocycles.